The first-order valence-corrected chi connectivity index (χ1v) is 7.63. The molecule has 0 atom stereocenters. The minimum absolute atomic E-state index is 0.0235. The normalized spacial score (nSPS) is 9.96. The summed E-state index contributed by atoms with van der Waals surface area (Å²) in [4.78, 5) is 23.2. The molecule has 0 aliphatic rings. The number of benzene rings is 2. The van der Waals surface area contributed by atoms with Crippen molar-refractivity contribution in [3.8, 4) is 11.8 Å². The summed E-state index contributed by atoms with van der Waals surface area (Å²) in [6.07, 6.45) is 0.415. The van der Waals surface area contributed by atoms with E-state index in [1.165, 1.54) is 12.1 Å². The van der Waals surface area contributed by atoms with E-state index in [4.69, 9.17) is 14.7 Å². The zero-order chi connectivity index (χ0) is 18.2. The van der Waals surface area contributed by atoms with Gasteiger partial charge < -0.3 is 9.47 Å². The third kappa shape index (κ3) is 5.15. The van der Waals surface area contributed by atoms with Crippen LogP contribution < -0.4 is 4.74 Å². The topological polar surface area (TPSA) is 76.4 Å². The Bertz CT molecular complexity index is 809. The molecule has 0 saturated carbocycles. The highest BCUT2D eigenvalue weighted by molar-refractivity contribution is 5.95. The van der Waals surface area contributed by atoms with Gasteiger partial charge in [0.05, 0.1) is 11.6 Å². The number of halogens is 1. The van der Waals surface area contributed by atoms with Gasteiger partial charge >= 0.3 is 5.97 Å². The van der Waals surface area contributed by atoms with E-state index in [0.29, 0.717) is 17.7 Å². The Labute approximate surface area is 144 Å². The van der Waals surface area contributed by atoms with Crippen molar-refractivity contribution in [1.82, 2.24) is 0 Å². The van der Waals surface area contributed by atoms with Gasteiger partial charge in [-0.3, -0.25) is 4.79 Å². The molecule has 25 heavy (non-hydrogen) atoms. The fourth-order valence-corrected chi connectivity index (χ4v) is 2.02. The summed E-state index contributed by atoms with van der Waals surface area (Å²) in [5, 5.41) is 8.67. The van der Waals surface area contributed by atoms with Gasteiger partial charge in [0.1, 0.15) is 18.2 Å². The third-order valence-electron chi connectivity index (χ3n) is 3.42. The molecule has 6 heteroatoms. The predicted octanol–water partition coefficient (Wildman–Crippen LogP) is 3.41. The Morgan fingerprint density at radius 3 is 2.48 bits per heavy atom. The summed E-state index contributed by atoms with van der Waals surface area (Å²) in [7, 11) is 0. The van der Waals surface area contributed by atoms with Crippen molar-refractivity contribution in [3.63, 3.8) is 0 Å². The molecule has 2 aromatic rings. The molecule has 0 saturated heterocycles. The quantitative estimate of drug-likeness (QED) is 0.570. The molecular weight excluding hydrogens is 325 g/mol. The van der Waals surface area contributed by atoms with E-state index in [1.807, 2.05) is 6.07 Å². The minimum Gasteiger partial charge on any atom is -0.482 e. The number of nitriles is 1. The van der Waals surface area contributed by atoms with E-state index >= 15 is 0 Å². The largest absolute Gasteiger partial charge is 0.482 e. The van der Waals surface area contributed by atoms with Crippen LogP contribution in [0.3, 0.4) is 0 Å². The molecule has 0 unspecified atom stereocenters. The fraction of sp³-hybridized carbons (Fsp3) is 0.211. The molecule has 0 aliphatic heterocycles. The first-order valence-electron chi connectivity index (χ1n) is 7.63. The molecule has 0 N–H and O–H groups in total. The Balaban J connectivity index is 1.83. The number of hydrogen-bond donors (Lipinski definition) is 0. The molecule has 0 heterocycles. The van der Waals surface area contributed by atoms with Gasteiger partial charge in [0, 0.05) is 17.5 Å². The second kappa shape index (κ2) is 8.60. The van der Waals surface area contributed by atoms with Crippen LogP contribution in [-0.4, -0.2) is 18.4 Å². The third-order valence-corrected chi connectivity index (χ3v) is 3.42. The second-order valence-corrected chi connectivity index (χ2v) is 5.17. The number of esters is 1. The Hall–Kier alpha value is -3.20. The summed E-state index contributed by atoms with van der Waals surface area (Å²) in [5.74, 6) is -0.814. The molecule has 0 spiro atoms. The highest BCUT2D eigenvalue weighted by atomic mass is 19.1. The molecule has 0 fully saturated rings. The second-order valence-electron chi connectivity index (χ2n) is 5.17. The van der Waals surface area contributed by atoms with Crippen molar-refractivity contribution in [3.05, 3.63) is 65.0 Å². The van der Waals surface area contributed by atoms with Gasteiger partial charge in [-0.1, -0.05) is 13.0 Å². The Morgan fingerprint density at radius 1 is 1.16 bits per heavy atom. The average molecular weight is 341 g/mol. The summed E-state index contributed by atoms with van der Waals surface area (Å²) in [6.45, 7) is 1.20. The van der Waals surface area contributed by atoms with Crippen LogP contribution in [0, 0.1) is 17.1 Å². The lowest BCUT2D eigenvalue weighted by molar-refractivity contribution is -0.147. The lowest BCUT2D eigenvalue weighted by Gasteiger charge is -2.08. The van der Waals surface area contributed by atoms with Gasteiger partial charge in [0.25, 0.3) is 0 Å². The Kier molecular flexibility index (Phi) is 6.24. The summed E-state index contributed by atoms with van der Waals surface area (Å²) >= 11 is 0. The zero-order valence-corrected chi connectivity index (χ0v) is 13.6. The van der Waals surface area contributed by atoms with Crippen LogP contribution >= 0.6 is 0 Å². The molecule has 5 nitrogen and oxygen atoms in total. The van der Waals surface area contributed by atoms with Crippen molar-refractivity contribution in [2.45, 2.75) is 20.0 Å². The molecule has 0 radical (unpaired) electrons. The molecule has 2 aromatic carbocycles. The van der Waals surface area contributed by atoms with Crippen LogP contribution in [0.4, 0.5) is 4.39 Å². The molecule has 128 valence electrons. The van der Waals surface area contributed by atoms with E-state index in [2.05, 4.69) is 0 Å². The van der Waals surface area contributed by atoms with Crippen molar-refractivity contribution in [2.24, 2.45) is 0 Å². The van der Waals surface area contributed by atoms with Crippen LogP contribution in [0.2, 0.25) is 0 Å². The number of carbonyl (C=O) groups excluding carboxylic acids is 2. The van der Waals surface area contributed by atoms with Crippen molar-refractivity contribution >= 4 is 11.8 Å². The van der Waals surface area contributed by atoms with E-state index in [9.17, 15) is 14.0 Å². The number of ether oxygens (including phenoxy) is 2. The smallest absolute Gasteiger partial charge is 0.344 e. The molecule has 0 bridgehead atoms. The highest BCUT2D eigenvalue weighted by Crippen LogP contribution is 2.14. The SMILES string of the molecule is CCC(=O)c1ccc(OCC(=O)OCc2ccc(C#N)cc2F)cc1. The number of ketones is 1. The lowest BCUT2D eigenvalue weighted by atomic mass is 10.1. The molecule has 0 amide bonds. The fourth-order valence-electron chi connectivity index (χ4n) is 2.02. The van der Waals surface area contributed by atoms with Gasteiger partial charge in [-0.2, -0.15) is 5.26 Å². The number of carbonyl (C=O) groups is 2. The summed E-state index contributed by atoms with van der Waals surface area (Å²) < 4.78 is 23.9. The monoisotopic (exact) mass is 341 g/mol. The van der Waals surface area contributed by atoms with Gasteiger partial charge in [-0.05, 0) is 36.4 Å². The van der Waals surface area contributed by atoms with Gasteiger partial charge in [0.2, 0.25) is 0 Å². The average Bonchev–Trinajstić information content (AvgIpc) is 2.65. The van der Waals surface area contributed by atoms with Crippen molar-refractivity contribution < 1.29 is 23.5 Å². The maximum Gasteiger partial charge on any atom is 0.344 e. The summed E-state index contributed by atoms with van der Waals surface area (Å²) in [6, 6.07) is 12.2. The number of nitrogens with zero attached hydrogens (tertiary/aromatic N) is 1. The van der Waals surface area contributed by atoms with Gasteiger partial charge in [-0.25, -0.2) is 9.18 Å². The minimum atomic E-state index is -0.655. The maximum atomic E-state index is 13.7. The first kappa shape index (κ1) is 18.1. The van der Waals surface area contributed by atoms with Crippen molar-refractivity contribution in [1.29, 1.82) is 5.26 Å². The first-order chi connectivity index (χ1) is 12.0. The highest BCUT2D eigenvalue weighted by Gasteiger charge is 2.09. The van der Waals surface area contributed by atoms with Crippen molar-refractivity contribution in [2.75, 3.05) is 6.61 Å². The van der Waals surface area contributed by atoms with E-state index < -0.39 is 11.8 Å². The lowest BCUT2D eigenvalue weighted by Crippen LogP contribution is -2.15. The number of hydrogen-bond acceptors (Lipinski definition) is 5. The van der Waals surface area contributed by atoms with Crippen LogP contribution in [0.5, 0.6) is 5.75 Å². The molecule has 0 aromatic heterocycles. The van der Waals surface area contributed by atoms with Gasteiger partial charge in [-0.15, -0.1) is 0 Å². The molecule has 0 aliphatic carbocycles. The van der Waals surface area contributed by atoms with Crippen LogP contribution in [0.15, 0.2) is 42.5 Å². The van der Waals surface area contributed by atoms with Crippen LogP contribution in [-0.2, 0) is 16.1 Å². The standard InChI is InChI=1S/C19H16FNO4/c1-2-18(22)14-5-7-16(8-6-14)24-12-19(23)25-11-15-4-3-13(10-21)9-17(15)20/h3-9H,2,11-12H2,1H3. The van der Waals surface area contributed by atoms with E-state index in [0.717, 1.165) is 6.07 Å². The van der Waals surface area contributed by atoms with Crippen LogP contribution in [0.25, 0.3) is 0 Å². The van der Waals surface area contributed by atoms with E-state index in [-0.39, 0.29) is 30.1 Å². The summed E-state index contributed by atoms with van der Waals surface area (Å²) in [5.41, 5.74) is 0.949. The van der Waals surface area contributed by atoms with Crippen LogP contribution in [0.1, 0.15) is 34.8 Å². The maximum absolute atomic E-state index is 13.7. The molecule has 2 rings (SSSR count). The van der Waals surface area contributed by atoms with E-state index in [1.54, 1.807) is 31.2 Å². The molecular formula is C19H16FNO4. The number of rotatable bonds is 7. The zero-order valence-electron chi connectivity index (χ0n) is 13.6. The van der Waals surface area contributed by atoms with Gasteiger partial charge in [0.15, 0.2) is 12.4 Å². The number of Topliss-reactive ketones (excluding diaryl/α,β-unsaturated/α-hetero) is 1. The Morgan fingerprint density at radius 2 is 1.88 bits per heavy atom. The predicted molar refractivity (Wildman–Crippen MR) is 87.5 cm³/mol.